The summed E-state index contributed by atoms with van der Waals surface area (Å²) in [5.74, 6) is 2.09. The Morgan fingerprint density at radius 2 is 0.705 bits per heavy atom. The molecular formula is C38H26N4O2. The first-order valence-electron chi connectivity index (χ1n) is 14.4. The van der Waals surface area contributed by atoms with Crippen molar-refractivity contribution in [3.8, 4) is 56.8 Å². The van der Waals surface area contributed by atoms with E-state index in [1.54, 1.807) is 24.3 Å². The molecule has 6 nitrogen and oxygen atoms in total. The number of benzene rings is 6. The Morgan fingerprint density at radius 3 is 1.09 bits per heavy atom. The minimum atomic E-state index is 0.226. The zero-order valence-corrected chi connectivity index (χ0v) is 23.5. The van der Waals surface area contributed by atoms with Gasteiger partial charge in [0.15, 0.2) is 0 Å². The lowest BCUT2D eigenvalue weighted by Crippen LogP contribution is -1.98. The molecule has 0 unspecified atom stereocenters. The Bertz CT molecular complexity index is 2100. The van der Waals surface area contributed by atoms with Gasteiger partial charge in [-0.15, -0.1) is 0 Å². The molecule has 2 heterocycles. The highest BCUT2D eigenvalue weighted by molar-refractivity contribution is 5.85. The molecule has 0 saturated carbocycles. The summed E-state index contributed by atoms with van der Waals surface area (Å²) in [5, 5.41) is 19.6. The van der Waals surface area contributed by atoms with E-state index in [0.29, 0.717) is 0 Å². The van der Waals surface area contributed by atoms with Crippen LogP contribution in [-0.2, 0) is 0 Å². The van der Waals surface area contributed by atoms with Gasteiger partial charge in [-0.1, -0.05) is 48.5 Å². The van der Waals surface area contributed by atoms with E-state index >= 15 is 0 Å². The molecule has 0 spiro atoms. The minimum absolute atomic E-state index is 0.226. The number of imidazole rings is 2. The van der Waals surface area contributed by atoms with Crippen molar-refractivity contribution in [2.75, 3.05) is 0 Å². The molecule has 8 aromatic rings. The summed E-state index contributed by atoms with van der Waals surface area (Å²) in [6, 6.07) is 47.5. The van der Waals surface area contributed by atoms with Gasteiger partial charge in [0.05, 0.1) is 22.1 Å². The number of rotatable bonds is 5. The van der Waals surface area contributed by atoms with Crippen molar-refractivity contribution >= 4 is 22.1 Å². The fourth-order valence-electron chi connectivity index (χ4n) is 5.79. The molecule has 2 N–H and O–H groups in total. The summed E-state index contributed by atoms with van der Waals surface area (Å²) in [7, 11) is 0. The number of para-hydroxylation sites is 4. The molecular weight excluding hydrogens is 544 g/mol. The number of aromatic nitrogens is 4. The van der Waals surface area contributed by atoms with Crippen LogP contribution in [0.1, 0.15) is 0 Å². The Kier molecular flexibility index (Phi) is 5.98. The van der Waals surface area contributed by atoms with E-state index in [4.69, 9.17) is 9.97 Å². The standard InChI is InChI=1S/C38H26N4O2/c43-31-21-13-27(14-22-31)37-39-33-5-1-3-7-35(33)41(37)29-17-9-25(10-18-29)26-11-19-30(20-12-26)42-36-8-4-2-6-34(36)40-38(42)28-15-23-32(44)24-16-28/h1-24,43-44H. The summed E-state index contributed by atoms with van der Waals surface area (Å²) in [4.78, 5) is 9.84. The van der Waals surface area contributed by atoms with Gasteiger partial charge in [-0.05, 0) is 108 Å². The minimum Gasteiger partial charge on any atom is -0.508 e. The van der Waals surface area contributed by atoms with Crippen molar-refractivity contribution in [3.05, 3.63) is 146 Å². The average Bonchev–Trinajstić information content (AvgIpc) is 3.65. The molecule has 0 radical (unpaired) electrons. The van der Waals surface area contributed by atoms with E-state index < -0.39 is 0 Å². The van der Waals surface area contributed by atoms with Crippen LogP contribution in [0.25, 0.3) is 67.3 Å². The Hall–Kier alpha value is -6.14. The zero-order valence-electron chi connectivity index (χ0n) is 23.5. The normalized spacial score (nSPS) is 11.4. The number of nitrogens with zero attached hydrogens (tertiary/aromatic N) is 4. The Labute approximate surface area is 253 Å². The number of phenols is 2. The summed E-state index contributed by atoms with van der Waals surface area (Å²) in [6.45, 7) is 0. The van der Waals surface area contributed by atoms with Gasteiger partial charge in [0.25, 0.3) is 0 Å². The second-order valence-corrected chi connectivity index (χ2v) is 10.7. The van der Waals surface area contributed by atoms with Crippen LogP contribution in [0.3, 0.4) is 0 Å². The molecule has 2 aromatic heterocycles. The third-order valence-corrected chi connectivity index (χ3v) is 7.96. The lowest BCUT2D eigenvalue weighted by molar-refractivity contribution is 0.475. The summed E-state index contributed by atoms with van der Waals surface area (Å²) >= 11 is 0. The summed E-state index contributed by atoms with van der Waals surface area (Å²) < 4.78 is 4.31. The highest BCUT2D eigenvalue weighted by Gasteiger charge is 2.16. The van der Waals surface area contributed by atoms with Crippen LogP contribution in [0.2, 0.25) is 0 Å². The number of aromatic hydroxyl groups is 2. The van der Waals surface area contributed by atoms with Gasteiger partial charge in [-0.2, -0.15) is 0 Å². The topological polar surface area (TPSA) is 76.1 Å². The molecule has 210 valence electrons. The van der Waals surface area contributed by atoms with Crippen LogP contribution in [0, 0.1) is 0 Å². The van der Waals surface area contributed by atoms with Gasteiger partial charge >= 0.3 is 0 Å². The van der Waals surface area contributed by atoms with Crippen molar-refractivity contribution in [1.82, 2.24) is 19.1 Å². The molecule has 0 fully saturated rings. The third-order valence-electron chi connectivity index (χ3n) is 7.96. The highest BCUT2D eigenvalue weighted by atomic mass is 16.3. The second-order valence-electron chi connectivity index (χ2n) is 10.7. The quantitative estimate of drug-likeness (QED) is 0.217. The number of phenolic OH excluding ortho intramolecular Hbond substituents is 2. The Morgan fingerprint density at radius 1 is 0.364 bits per heavy atom. The second kappa shape index (κ2) is 10.3. The maximum Gasteiger partial charge on any atom is 0.145 e. The third kappa shape index (κ3) is 4.37. The fraction of sp³-hybridized carbons (Fsp3) is 0. The largest absolute Gasteiger partial charge is 0.508 e. The molecule has 0 aliphatic carbocycles. The number of hydrogen-bond donors (Lipinski definition) is 2. The van der Waals surface area contributed by atoms with E-state index in [2.05, 4.69) is 69.8 Å². The molecule has 0 amide bonds. The van der Waals surface area contributed by atoms with Crippen LogP contribution < -0.4 is 0 Å². The van der Waals surface area contributed by atoms with Crippen LogP contribution in [0.5, 0.6) is 11.5 Å². The molecule has 0 atom stereocenters. The predicted octanol–water partition coefficient (Wildman–Crippen LogP) is 8.78. The van der Waals surface area contributed by atoms with Gasteiger partial charge in [-0.3, -0.25) is 9.13 Å². The maximum absolute atomic E-state index is 9.82. The monoisotopic (exact) mass is 570 g/mol. The summed E-state index contributed by atoms with van der Waals surface area (Å²) in [5.41, 5.74) is 9.93. The van der Waals surface area contributed by atoms with E-state index in [1.165, 1.54) is 0 Å². The van der Waals surface area contributed by atoms with E-state index in [9.17, 15) is 10.2 Å². The molecule has 0 aliphatic rings. The van der Waals surface area contributed by atoms with E-state index in [-0.39, 0.29) is 11.5 Å². The van der Waals surface area contributed by atoms with E-state index in [1.807, 2.05) is 60.7 Å². The SMILES string of the molecule is Oc1ccc(-c2nc3ccccc3n2-c2ccc(-c3ccc(-n4c(-c5ccc(O)cc5)nc5ccccc54)cc3)cc2)cc1. The average molecular weight is 571 g/mol. The molecule has 6 aromatic carbocycles. The maximum atomic E-state index is 9.82. The van der Waals surface area contributed by atoms with Gasteiger partial charge in [0, 0.05) is 22.5 Å². The van der Waals surface area contributed by atoms with Crippen LogP contribution in [-0.4, -0.2) is 29.3 Å². The smallest absolute Gasteiger partial charge is 0.145 e. The van der Waals surface area contributed by atoms with E-state index in [0.717, 1.165) is 67.3 Å². The van der Waals surface area contributed by atoms with Gasteiger partial charge in [0.2, 0.25) is 0 Å². The van der Waals surface area contributed by atoms with Crippen molar-refractivity contribution in [3.63, 3.8) is 0 Å². The predicted molar refractivity (Wildman–Crippen MR) is 175 cm³/mol. The molecule has 8 rings (SSSR count). The first kappa shape index (κ1) is 25.6. The lowest BCUT2D eigenvalue weighted by atomic mass is 10.0. The van der Waals surface area contributed by atoms with Crippen molar-refractivity contribution < 1.29 is 10.2 Å². The molecule has 0 bridgehead atoms. The van der Waals surface area contributed by atoms with Gasteiger partial charge in [0.1, 0.15) is 23.1 Å². The first-order chi connectivity index (χ1) is 21.6. The molecule has 44 heavy (non-hydrogen) atoms. The summed E-state index contributed by atoms with van der Waals surface area (Å²) in [6.07, 6.45) is 0. The molecule has 0 saturated heterocycles. The van der Waals surface area contributed by atoms with Crippen LogP contribution in [0.15, 0.2) is 146 Å². The van der Waals surface area contributed by atoms with Crippen molar-refractivity contribution in [2.24, 2.45) is 0 Å². The van der Waals surface area contributed by atoms with Crippen molar-refractivity contribution in [2.45, 2.75) is 0 Å². The number of hydrogen-bond acceptors (Lipinski definition) is 4. The van der Waals surface area contributed by atoms with Gasteiger partial charge < -0.3 is 10.2 Å². The molecule has 6 heteroatoms. The number of fused-ring (bicyclic) bond motifs is 2. The molecule has 0 aliphatic heterocycles. The van der Waals surface area contributed by atoms with Crippen LogP contribution in [0.4, 0.5) is 0 Å². The zero-order chi connectivity index (χ0) is 29.6. The Balaban J connectivity index is 1.16. The van der Waals surface area contributed by atoms with Crippen molar-refractivity contribution in [1.29, 1.82) is 0 Å². The van der Waals surface area contributed by atoms with Crippen LogP contribution >= 0.6 is 0 Å². The first-order valence-corrected chi connectivity index (χ1v) is 14.4. The highest BCUT2D eigenvalue weighted by Crippen LogP contribution is 2.33. The lowest BCUT2D eigenvalue weighted by Gasteiger charge is -2.12. The van der Waals surface area contributed by atoms with Gasteiger partial charge in [-0.25, -0.2) is 9.97 Å². The fourth-order valence-corrected chi connectivity index (χ4v) is 5.79.